The second-order valence-corrected chi connectivity index (χ2v) is 5.31. The molecule has 0 aromatic rings. The predicted molar refractivity (Wildman–Crippen MR) is 71.0 cm³/mol. The molecule has 2 nitrogen and oxygen atoms in total. The highest BCUT2D eigenvalue weighted by Crippen LogP contribution is 2.12. The van der Waals surface area contributed by atoms with Gasteiger partial charge in [0.05, 0.1) is 5.16 Å². The number of aliphatic imine (C=N–C) groups is 1. The Kier molecular flexibility index (Phi) is 10.0. The van der Waals surface area contributed by atoms with Crippen LogP contribution in [-0.4, -0.2) is 27.4 Å². The number of hydrogen-bond donors (Lipinski definition) is 0. The molecule has 0 bridgehead atoms. The number of nitrogens with zero attached hydrogens (tertiary/aromatic N) is 1. The molecule has 0 heterocycles. The first kappa shape index (κ1) is 14.7. The van der Waals surface area contributed by atoms with Crippen LogP contribution < -0.4 is 0 Å². The highest BCUT2D eigenvalue weighted by atomic mass is 32.2. The lowest BCUT2D eigenvalue weighted by molar-refractivity contribution is 0.613. The third kappa shape index (κ3) is 8.67. The maximum atomic E-state index is 11.3. The number of rotatable bonds is 9. The summed E-state index contributed by atoms with van der Waals surface area (Å²) in [5.74, 6) is 0. The SMILES string of the molecule is C=CCC(CCCCCN=C=S)S(C)=O. The number of isothiocyanates is 1. The molecule has 0 aliphatic rings. The van der Waals surface area contributed by atoms with Gasteiger partial charge in [0.2, 0.25) is 0 Å². The molecule has 0 N–H and O–H groups in total. The summed E-state index contributed by atoms with van der Waals surface area (Å²) < 4.78 is 11.3. The molecule has 0 saturated heterocycles. The van der Waals surface area contributed by atoms with Crippen LogP contribution in [0.1, 0.15) is 32.1 Å². The quantitative estimate of drug-likeness (QED) is 0.270. The van der Waals surface area contributed by atoms with Crippen molar-refractivity contribution in [3.05, 3.63) is 12.7 Å². The molecule has 0 spiro atoms. The van der Waals surface area contributed by atoms with Crippen molar-refractivity contribution in [2.75, 3.05) is 12.8 Å². The normalized spacial score (nSPS) is 13.9. The second kappa shape index (κ2) is 10.2. The van der Waals surface area contributed by atoms with Gasteiger partial charge >= 0.3 is 0 Å². The zero-order valence-corrected chi connectivity index (χ0v) is 10.9. The van der Waals surface area contributed by atoms with Gasteiger partial charge in [0.15, 0.2) is 0 Å². The molecular formula is C11H19NOS2. The monoisotopic (exact) mass is 245 g/mol. The molecule has 0 rings (SSSR count). The number of hydrogen-bond acceptors (Lipinski definition) is 3. The predicted octanol–water partition coefficient (Wildman–Crippen LogP) is 2.97. The second-order valence-electron chi connectivity index (χ2n) is 3.47. The minimum Gasteiger partial charge on any atom is -0.260 e. The standard InChI is InChI=1S/C11H19NOS2/c1-3-7-11(15(2)13)8-5-4-6-9-12-10-14/h3,11H,1,4-9H2,2H3. The molecule has 0 aliphatic heterocycles. The molecule has 2 atom stereocenters. The Morgan fingerprint density at radius 3 is 2.80 bits per heavy atom. The Labute approximate surface area is 100 Å². The van der Waals surface area contributed by atoms with Crippen molar-refractivity contribution in [2.45, 2.75) is 37.4 Å². The van der Waals surface area contributed by atoms with Crippen LogP contribution in [0.5, 0.6) is 0 Å². The van der Waals surface area contributed by atoms with E-state index < -0.39 is 10.8 Å². The van der Waals surface area contributed by atoms with Crippen LogP contribution in [0.4, 0.5) is 0 Å². The Morgan fingerprint density at radius 2 is 2.27 bits per heavy atom. The third-order valence-electron chi connectivity index (χ3n) is 2.26. The lowest BCUT2D eigenvalue weighted by Crippen LogP contribution is -2.12. The molecule has 0 saturated carbocycles. The molecular weight excluding hydrogens is 226 g/mol. The largest absolute Gasteiger partial charge is 0.260 e. The van der Waals surface area contributed by atoms with Crippen LogP contribution in [0.15, 0.2) is 17.6 Å². The maximum absolute atomic E-state index is 11.3. The van der Waals surface area contributed by atoms with Crippen molar-refractivity contribution in [1.82, 2.24) is 0 Å². The van der Waals surface area contributed by atoms with Crippen molar-refractivity contribution in [1.29, 1.82) is 0 Å². The van der Waals surface area contributed by atoms with Gasteiger partial charge in [0.25, 0.3) is 0 Å². The minimum absolute atomic E-state index is 0.275. The van der Waals surface area contributed by atoms with Crippen LogP contribution in [0.25, 0.3) is 0 Å². The molecule has 15 heavy (non-hydrogen) atoms. The van der Waals surface area contributed by atoms with Crippen molar-refractivity contribution in [3.63, 3.8) is 0 Å². The molecule has 0 aromatic heterocycles. The van der Waals surface area contributed by atoms with E-state index in [-0.39, 0.29) is 5.25 Å². The maximum Gasteiger partial charge on any atom is 0.0584 e. The Morgan fingerprint density at radius 1 is 1.53 bits per heavy atom. The van der Waals surface area contributed by atoms with Gasteiger partial charge in [-0.05, 0) is 31.5 Å². The van der Waals surface area contributed by atoms with E-state index in [1.54, 1.807) is 6.26 Å². The molecule has 0 radical (unpaired) electrons. The summed E-state index contributed by atoms with van der Waals surface area (Å²) in [6.45, 7) is 4.45. The van der Waals surface area contributed by atoms with Crippen LogP contribution in [0.2, 0.25) is 0 Å². The van der Waals surface area contributed by atoms with E-state index in [9.17, 15) is 4.21 Å². The fourth-order valence-corrected chi connectivity index (χ4v) is 2.39. The lowest BCUT2D eigenvalue weighted by Gasteiger charge is -2.11. The molecule has 4 heteroatoms. The highest BCUT2D eigenvalue weighted by Gasteiger charge is 2.09. The van der Waals surface area contributed by atoms with E-state index in [0.717, 1.165) is 38.6 Å². The fraction of sp³-hybridized carbons (Fsp3) is 0.727. The van der Waals surface area contributed by atoms with Gasteiger partial charge in [-0.1, -0.05) is 18.9 Å². The summed E-state index contributed by atoms with van der Waals surface area (Å²) in [5.41, 5.74) is 0. The molecule has 0 fully saturated rings. The third-order valence-corrected chi connectivity index (χ3v) is 3.76. The van der Waals surface area contributed by atoms with Gasteiger partial charge in [-0.2, -0.15) is 0 Å². The molecule has 0 aromatic carbocycles. The van der Waals surface area contributed by atoms with E-state index >= 15 is 0 Å². The molecule has 0 aliphatic carbocycles. The number of thiocarbonyl (C=S) groups is 1. The Hall–Kier alpha value is -0.310. The van der Waals surface area contributed by atoms with Crippen LogP contribution in [0.3, 0.4) is 0 Å². The van der Waals surface area contributed by atoms with E-state index in [1.807, 2.05) is 6.08 Å². The number of allylic oxidation sites excluding steroid dienone is 1. The van der Waals surface area contributed by atoms with E-state index in [0.29, 0.717) is 0 Å². The minimum atomic E-state index is -0.736. The van der Waals surface area contributed by atoms with Gasteiger partial charge in [0, 0.05) is 28.9 Å². The van der Waals surface area contributed by atoms with Crippen molar-refractivity contribution < 1.29 is 4.21 Å². The zero-order chi connectivity index (χ0) is 11.5. The zero-order valence-electron chi connectivity index (χ0n) is 9.28. The van der Waals surface area contributed by atoms with Crippen LogP contribution >= 0.6 is 12.2 Å². The van der Waals surface area contributed by atoms with Crippen molar-refractivity contribution in [2.24, 2.45) is 4.99 Å². The first-order valence-electron chi connectivity index (χ1n) is 5.19. The fourth-order valence-electron chi connectivity index (χ4n) is 1.39. The van der Waals surface area contributed by atoms with Gasteiger partial charge < -0.3 is 0 Å². The molecule has 86 valence electrons. The van der Waals surface area contributed by atoms with Crippen molar-refractivity contribution >= 4 is 28.2 Å². The van der Waals surface area contributed by atoms with Crippen molar-refractivity contribution in [3.8, 4) is 0 Å². The van der Waals surface area contributed by atoms with E-state index in [2.05, 4.69) is 29.0 Å². The Balaban J connectivity index is 3.57. The van der Waals surface area contributed by atoms with Gasteiger partial charge in [-0.3, -0.25) is 4.21 Å². The lowest BCUT2D eigenvalue weighted by atomic mass is 10.1. The molecule has 2 unspecified atom stereocenters. The summed E-state index contributed by atoms with van der Waals surface area (Å²) >= 11 is 4.47. The smallest absolute Gasteiger partial charge is 0.0584 e. The first-order chi connectivity index (χ1) is 7.22. The number of unbranched alkanes of at least 4 members (excludes halogenated alkanes) is 2. The summed E-state index contributed by atoms with van der Waals surface area (Å²) in [7, 11) is -0.736. The van der Waals surface area contributed by atoms with Gasteiger partial charge in [0.1, 0.15) is 0 Å². The topological polar surface area (TPSA) is 29.4 Å². The van der Waals surface area contributed by atoms with Crippen LogP contribution in [-0.2, 0) is 10.8 Å². The van der Waals surface area contributed by atoms with Gasteiger partial charge in [-0.15, -0.1) is 6.58 Å². The first-order valence-corrected chi connectivity index (χ1v) is 7.22. The summed E-state index contributed by atoms with van der Waals surface area (Å²) in [6.07, 6.45) is 8.74. The summed E-state index contributed by atoms with van der Waals surface area (Å²) in [6, 6.07) is 0. The highest BCUT2D eigenvalue weighted by molar-refractivity contribution is 7.84. The Bertz CT molecular complexity index is 247. The van der Waals surface area contributed by atoms with Gasteiger partial charge in [-0.25, -0.2) is 4.99 Å². The van der Waals surface area contributed by atoms with E-state index in [4.69, 9.17) is 0 Å². The molecule has 0 amide bonds. The summed E-state index contributed by atoms with van der Waals surface area (Å²) in [4.78, 5) is 3.85. The average Bonchev–Trinajstić information content (AvgIpc) is 2.21. The van der Waals surface area contributed by atoms with Crippen LogP contribution in [0, 0.1) is 0 Å². The average molecular weight is 245 g/mol. The summed E-state index contributed by atoms with van der Waals surface area (Å²) in [5, 5.41) is 2.63. The van der Waals surface area contributed by atoms with E-state index in [1.165, 1.54) is 0 Å².